The Morgan fingerprint density at radius 2 is 1.73 bits per heavy atom. The predicted molar refractivity (Wildman–Crippen MR) is 89.4 cm³/mol. The van der Waals surface area contributed by atoms with Gasteiger partial charge < -0.3 is 15.0 Å². The minimum absolute atomic E-state index is 0.142. The lowest BCUT2D eigenvalue weighted by Crippen LogP contribution is -2.27. The first-order chi connectivity index (χ1) is 10.6. The molecule has 2 rings (SSSR count). The molecule has 0 bridgehead atoms. The van der Waals surface area contributed by atoms with Crippen molar-refractivity contribution in [2.45, 2.75) is 12.8 Å². The van der Waals surface area contributed by atoms with Gasteiger partial charge in [0.2, 0.25) is 0 Å². The summed E-state index contributed by atoms with van der Waals surface area (Å²) in [5, 5.41) is 2.79. The average molecular weight is 298 g/mol. The average Bonchev–Trinajstić information content (AvgIpc) is 2.54. The van der Waals surface area contributed by atoms with E-state index in [2.05, 4.69) is 29.6 Å². The smallest absolute Gasteiger partial charge is 0.321 e. The molecular formula is C18H22N2O2. The van der Waals surface area contributed by atoms with E-state index >= 15 is 0 Å². The fraction of sp³-hybridized carbons (Fsp3) is 0.278. The van der Waals surface area contributed by atoms with Gasteiger partial charge in [-0.05, 0) is 42.7 Å². The monoisotopic (exact) mass is 298 g/mol. The summed E-state index contributed by atoms with van der Waals surface area (Å²) >= 11 is 0. The van der Waals surface area contributed by atoms with Crippen LogP contribution >= 0.6 is 0 Å². The Kier molecular flexibility index (Phi) is 5.83. The Labute approximate surface area is 131 Å². The topological polar surface area (TPSA) is 41.6 Å². The highest BCUT2D eigenvalue weighted by Crippen LogP contribution is 2.16. The van der Waals surface area contributed by atoms with Crippen molar-refractivity contribution in [1.29, 1.82) is 0 Å². The standard InChI is InChI=1S/C18H22N2O2/c1-20(2)18(21)19-16-10-12-17(13-11-16)22-14-6-9-15-7-4-3-5-8-15/h3-5,7-8,10-13H,6,9,14H2,1-2H3,(H,19,21). The van der Waals surface area contributed by atoms with Crippen LogP contribution in [0.1, 0.15) is 12.0 Å². The van der Waals surface area contributed by atoms with Gasteiger partial charge in [0.25, 0.3) is 0 Å². The summed E-state index contributed by atoms with van der Waals surface area (Å²) in [4.78, 5) is 13.0. The predicted octanol–water partition coefficient (Wildman–Crippen LogP) is 3.79. The van der Waals surface area contributed by atoms with Crippen molar-refractivity contribution in [2.75, 3.05) is 26.0 Å². The molecule has 116 valence electrons. The van der Waals surface area contributed by atoms with E-state index in [1.165, 1.54) is 10.5 Å². The number of urea groups is 1. The van der Waals surface area contributed by atoms with Crippen LogP contribution in [-0.4, -0.2) is 31.6 Å². The number of nitrogens with zero attached hydrogens (tertiary/aromatic N) is 1. The number of hydrogen-bond acceptors (Lipinski definition) is 2. The van der Waals surface area contributed by atoms with Crippen LogP contribution in [0.3, 0.4) is 0 Å². The van der Waals surface area contributed by atoms with Gasteiger partial charge in [-0.1, -0.05) is 30.3 Å². The molecule has 0 unspecified atom stereocenters. The molecule has 1 N–H and O–H groups in total. The molecule has 0 spiro atoms. The Balaban J connectivity index is 1.73. The van der Waals surface area contributed by atoms with Gasteiger partial charge in [0, 0.05) is 19.8 Å². The summed E-state index contributed by atoms with van der Waals surface area (Å²) in [5.41, 5.74) is 2.09. The summed E-state index contributed by atoms with van der Waals surface area (Å²) in [6.45, 7) is 0.679. The van der Waals surface area contributed by atoms with Crippen molar-refractivity contribution in [2.24, 2.45) is 0 Å². The lowest BCUT2D eigenvalue weighted by atomic mass is 10.1. The largest absolute Gasteiger partial charge is 0.494 e. The van der Waals surface area contributed by atoms with Gasteiger partial charge >= 0.3 is 6.03 Å². The van der Waals surface area contributed by atoms with Crippen LogP contribution in [0.5, 0.6) is 5.75 Å². The fourth-order valence-corrected chi connectivity index (χ4v) is 1.98. The SMILES string of the molecule is CN(C)C(=O)Nc1ccc(OCCCc2ccccc2)cc1. The number of carbonyl (C=O) groups is 1. The molecule has 0 aliphatic rings. The zero-order chi connectivity index (χ0) is 15.8. The maximum atomic E-state index is 11.5. The van der Waals surface area contributed by atoms with E-state index in [9.17, 15) is 4.79 Å². The number of aryl methyl sites for hydroxylation is 1. The van der Waals surface area contributed by atoms with Crippen molar-refractivity contribution in [3.63, 3.8) is 0 Å². The zero-order valence-electron chi connectivity index (χ0n) is 13.1. The molecule has 0 fully saturated rings. The first kappa shape index (κ1) is 15.9. The second kappa shape index (κ2) is 8.08. The molecule has 4 heteroatoms. The van der Waals surface area contributed by atoms with Crippen molar-refractivity contribution >= 4 is 11.7 Å². The molecule has 2 amide bonds. The van der Waals surface area contributed by atoms with Crippen LogP contribution in [0, 0.1) is 0 Å². The maximum absolute atomic E-state index is 11.5. The van der Waals surface area contributed by atoms with Crippen molar-refractivity contribution < 1.29 is 9.53 Å². The second-order valence-electron chi connectivity index (χ2n) is 5.29. The molecule has 0 heterocycles. The number of anilines is 1. The van der Waals surface area contributed by atoms with Crippen LogP contribution in [0.2, 0.25) is 0 Å². The third-order valence-corrected chi connectivity index (χ3v) is 3.23. The molecule has 0 atom stereocenters. The van der Waals surface area contributed by atoms with Crippen LogP contribution in [0.15, 0.2) is 54.6 Å². The summed E-state index contributed by atoms with van der Waals surface area (Å²) in [6.07, 6.45) is 1.99. The molecule has 0 radical (unpaired) electrons. The minimum atomic E-state index is -0.142. The Morgan fingerprint density at radius 3 is 2.36 bits per heavy atom. The number of ether oxygens (including phenoxy) is 1. The molecule has 22 heavy (non-hydrogen) atoms. The molecular weight excluding hydrogens is 276 g/mol. The molecule has 0 saturated heterocycles. The molecule has 0 aliphatic carbocycles. The van der Waals surface area contributed by atoms with E-state index in [1.807, 2.05) is 30.3 Å². The number of hydrogen-bond donors (Lipinski definition) is 1. The highest BCUT2D eigenvalue weighted by atomic mass is 16.5. The number of amides is 2. The minimum Gasteiger partial charge on any atom is -0.494 e. The summed E-state index contributed by atoms with van der Waals surface area (Å²) in [6, 6.07) is 17.7. The van der Waals surface area contributed by atoms with Gasteiger partial charge in [0.1, 0.15) is 5.75 Å². The lowest BCUT2D eigenvalue weighted by molar-refractivity contribution is 0.230. The van der Waals surface area contributed by atoms with Gasteiger partial charge in [-0.25, -0.2) is 4.79 Å². The van der Waals surface area contributed by atoms with Crippen LogP contribution < -0.4 is 10.1 Å². The first-order valence-electron chi connectivity index (χ1n) is 7.40. The van der Waals surface area contributed by atoms with E-state index < -0.39 is 0 Å². The van der Waals surface area contributed by atoms with Gasteiger partial charge in [-0.2, -0.15) is 0 Å². The van der Waals surface area contributed by atoms with E-state index in [0.29, 0.717) is 6.61 Å². The quantitative estimate of drug-likeness (QED) is 0.824. The summed E-state index contributed by atoms with van der Waals surface area (Å²) in [7, 11) is 3.42. The van der Waals surface area contributed by atoms with E-state index in [1.54, 1.807) is 14.1 Å². The fourth-order valence-electron chi connectivity index (χ4n) is 1.98. The molecule has 0 aliphatic heterocycles. The third kappa shape index (κ3) is 5.13. The van der Waals surface area contributed by atoms with Gasteiger partial charge in [0.15, 0.2) is 0 Å². The van der Waals surface area contributed by atoms with Crippen LogP contribution in [-0.2, 0) is 6.42 Å². The van der Waals surface area contributed by atoms with Crippen molar-refractivity contribution in [1.82, 2.24) is 4.90 Å². The molecule has 0 saturated carbocycles. The highest BCUT2D eigenvalue weighted by Gasteiger charge is 2.03. The van der Waals surface area contributed by atoms with Crippen LogP contribution in [0.25, 0.3) is 0 Å². The first-order valence-corrected chi connectivity index (χ1v) is 7.40. The number of rotatable bonds is 6. The number of benzene rings is 2. The molecule has 4 nitrogen and oxygen atoms in total. The van der Waals surface area contributed by atoms with Gasteiger partial charge in [-0.3, -0.25) is 0 Å². The summed E-state index contributed by atoms with van der Waals surface area (Å²) in [5.74, 6) is 0.816. The van der Waals surface area contributed by atoms with Crippen LogP contribution in [0.4, 0.5) is 10.5 Å². The molecule has 0 aromatic heterocycles. The van der Waals surface area contributed by atoms with Gasteiger partial charge in [0.05, 0.1) is 6.61 Å². The Bertz CT molecular complexity index is 580. The zero-order valence-corrected chi connectivity index (χ0v) is 13.1. The maximum Gasteiger partial charge on any atom is 0.321 e. The highest BCUT2D eigenvalue weighted by molar-refractivity contribution is 5.88. The number of carbonyl (C=O) groups excluding carboxylic acids is 1. The second-order valence-corrected chi connectivity index (χ2v) is 5.29. The molecule has 2 aromatic carbocycles. The number of nitrogens with one attached hydrogen (secondary N) is 1. The third-order valence-electron chi connectivity index (χ3n) is 3.23. The Hall–Kier alpha value is -2.49. The van der Waals surface area contributed by atoms with Crippen molar-refractivity contribution in [3.05, 3.63) is 60.2 Å². The Morgan fingerprint density at radius 1 is 1.05 bits per heavy atom. The molecule has 2 aromatic rings. The van der Waals surface area contributed by atoms with E-state index in [0.717, 1.165) is 24.3 Å². The van der Waals surface area contributed by atoms with E-state index in [-0.39, 0.29) is 6.03 Å². The summed E-state index contributed by atoms with van der Waals surface area (Å²) < 4.78 is 5.71. The lowest BCUT2D eigenvalue weighted by Gasteiger charge is -2.12. The van der Waals surface area contributed by atoms with Gasteiger partial charge in [-0.15, -0.1) is 0 Å². The van der Waals surface area contributed by atoms with Crippen molar-refractivity contribution in [3.8, 4) is 5.75 Å². The van der Waals surface area contributed by atoms with E-state index in [4.69, 9.17) is 4.74 Å². The normalized spacial score (nSPS) is 10.1.